The summed E-state index contributed by atoms with van der Waals surface area (Å²) in [5.74, 6) is 2.77. The van der Waals surface area contributed by atoms with Gasteiger partial charge in [-0.2, -0.15) is 0 Å². The van der Waals surface area contributed by atoms with Gasteiger partial charge in [-0.1, -0.05) is 6.42 Å². The average molecular weight is 297 g/mol. The van der Waals surface area contributed by atoms with Crippen LogP contribution in [0, 0.1) is 17.8 Å². The van der Waals surface area contributed by atoms with Gasteiger partial charge in [-0.15, -0.1) is 4.40 Å². The number of hydrogen-bond acceptors (Lipinski definition) is 3. The molecule has 4 nitrogen and oxygen atoms in total. The van der Waals surface area contributed by atoms with Crippen LogP contribution in [0.1, 0.15) is 57.8 Å². The van der Waals surface area contributed by atoms with E-state index in [2.05, 4.69) is 4.40 Å². The third-order valence-electron chi connectivity index (χ3n) is 5.41. The number of fused-ring (bicyclic) bond motifs is 1. The second kappa shape index (κ2) is 4.72. The Morgan fingerprint density at radius 1 is 1.05 bits per heavy atom. The average Bonchev–Trinajstić information content (AvgIpc) is 3.27. The molecule has 0 radical (unpaired) electrons. The van der Waals surface area contributed by atoms with E-state index in [1.807, 2.05) is 0 Å². The molecule has 112 valence electrons. The van der Waals surface area contributed by atoms with E-state index in [0.29, 0.717) is 11.8 Å². The Morgan fingerprint density at radius 3 is 2.35 bits per heavy atom. The van der Waals surface area contributed by atoms with Crippen molar-refractivity contribution >= 4 is 15.9 Å². The lowest BCUT2D eigenvalue weighted by atomic mass is 9.93. The molecule has 0 aromatic heterocycles. The van der Waals surface area contributed by atoms with Gasteiger partial charge in [0, 0.05) is 6.42 Å². The Balaban J connectivity index is 1.53. The summed E-state index contributed by atoms with van der Waals surface area (Å²) in [6, 6.07) is 0. The van der Waals surface area contributed by atoms with E-state index in [1.165, 1.54) is 25.7 Å². The molecule has 2 unspecified atom stereocenters. The summed E-state index contributed by atoms with van der Waals surface area (Å²) in [5, 5.41) is -0.375. The predicted octanol–water partition coefficient (Wildman–Crippen LogP) is 2.88. The van der Waals surface area contributed by atoms with Gasteiger partial charge in [0.25, 0.3) is 10.0 Å². The van der Waals surface area contributed by atoms with Crippen molar-refractivity contribution in [2.24, 2.45) is 22.2 Å². The Kier molecular flexibility index (Phi) is 3.09. The molecule has 3 aliphatic carbocycles. The molecule has 1 heterocycles. The maximum absolute atomic E-state index is 12.3. The minimum Gasteiger partial charge on any atom is -0.475 e. The highest BCUT2D eigenvalue weighted by Gasteiger charge is 2.45. The number of nitrogens with zero attached hydrogens (tertiary/aromatic N) is 1. The SMILES string of the molecule is O=S1(=O)N=C(CC(C2CC2)C2CC2)OC2CCCCC21. The van der Waals surface area contributed by atoms with Crippen LogP contribution in [0.2, 0.25) is 0 Å². The molecule has 3 fully saturated rings. The van der Waals surface area contributed by atoms with Gasteiger partial charge in [0.05, 0.1) is 0 Å². The molecule has 0 spiro atoms. The highest BCUT2D eigenvalue weighted by Crippen LogP contribution is 2.51. The van der Waals surface area contributed by atoms with Crippen LogP contribution in [0.3, 0.4) is 0 Å². The third kappa shape index (κ3) is 2.49. The maximum Gasteiger partial charge on any atom is 0.262 e. The van der Waals surface area contributed by atoms with Crippen molar-refractivity contribution < 1.29 is 13.2 Å². The molecule has 3 saturated carbocycles. The lowest BCUT2D eigenvalue weighted by Crippen LogP contribution is -2.43. The number of rotatable bonds is 4. The first-order valence-electron chi connectivity index (χ1n) is 8.13. The van der Waals surface area contributed by atoms with Crippen LogP contribution in [0.25, 0.3) is 0 Å². The van der Waals surface area contributed by atoms with E-state index in [0.717, 1.165) is 43.9 Å². The van der Waals surface area contributed by atoms with Crippen molar-refractivity contribution in [3.63, 3.8) is 0 Å². The quantitative estimate of drug-likeness (QED) is 0.801. The van der Waals surface area contributed by atoms with Gasteiger partial charge in [0.15, 0.2) is 0 Å². The smallest absolute Gasteiger partial charge is 0.262 e. The zero-order chi connectivity index (χ0) is 13.7. The van der Waals surface area contributed by atoms with Gasteiger partial charge in [-0.3, -0.25) is 0 Å². The highest BCUT2D eigenvalue weighted by atomic mass is 32.2. The van der Waals surface area contributed by atoms with Gasteiger partial charge >= 0.3 is 0 Å². The summed E-state index contributed by atoms with van der Waals surface area (Å²) in [6.45, 7) is 0. The first kappa shape index (κ1) is 13.1. The van der Waals surface area contributed by atoms with Crippen molar-refractivity contribution in [1.82, 2.24) is 0 Å². The fraction of sp³-hybridized carbons (Fsp3) is 0.933. The number of ether oxygens (including phenoxy) is 1. The zero-order valence-electron chi connectivity index (χ0n) is 11.8. The lowest BCUT2D eigenvalue weighted by molar-refractivity contribution is 0.132. The molecule has 0 aromatic rings. The molecule has 0 saturated heterocycles. The van der Waals surface area contributed by atoms with Crippen LogP contribution in [-0.4, -0.2) is 25.7 Å². The Hall–Kier alpha value is -0.580. The van der Waals surface area contributed by atoms with Crippen LogP contribution in [0.5, 0.6) is 0 Å². The molecule has 1 aliphatic heterocycles. The third-order valence-corrected chi connectivity index (χ3v) is 7.17. The van der Waals surface area contributed by atoms with Gasteiger partial charge < -0.3 is 4.74 Å². The monoisotopic (exact) mass is 297 g/mol. The largest absolute Gasteiger partial charge is 0.475 e. The first-order valence-corrected chi connectivity index (χ1v) is 9.63. The van der Waals surface area contributed by atoms with Crippen LogP contribution < -0.4 is 0 Å². The van der Waals surface area contributed by atoms with Crippen molar-refractivity contribution in [3.8, 4) is 0 Å². The van der Waals surface area contributed by atoms with Gasteiger partial charge in [-0.25, -0.2) is 8.42 Å². The topological polar surface area (TPSA) is 55.7 Å². The Morgan fingerprint density at radius 2 is 1.70 bits per heavy atom. The molecule has 20 heavy (non-hydrogen) atoms. The summed E-state index contributed by atoms with van der Waals surface area (Å²) >= 11 is 0. The lowest BCUT2D eigenvalue weighted by Gasteiger charge is -2.34. The summed E-state index contributed by atoms with van der Waals surface area (Å²) in [7, 11) is -3.33. The van der Waals surface area contributed by atoms with Crippen molar-refractivity contribution in [2.45, 2.75) is 69.1 Å². The van der Waals surface area contributed by atoms with Crippen molar-refractivity contribution in [2.75, 3.05) is 0 Å². The van der Waals surface area contributed by atoms with Gasteiger partial charge in [0.2, 0.25) is 5.90 Å². The fourth-order valence-electron chi connectivity index (χ4n) is 4.00. The Bertz CT molecular complexity index is 507. The van der Waals surface area contributed by atoms with Crippen LogP contribution >= 0.6 is 0 Å². The van der Waals surface area contributed by atoms with E-state index < -0.39 is 10.0 Å². The van der Waals surface area contributed by atoms with E-state index in [9.17, 15) is 8.42 Å². The predicted molar refractivity (Wildman–Crippen MR) is 77.0 cm³/mol. The maximum atomic E-state index is 12.3. The van der Waals surface area contributed by atoms with Crippen LogP contribution in [-0.2, 0) is 14.8 Å². The van der Waals surface area contributed by atoms with E-state index >= 15 is 0 Å². The van der Waals surface area contributed by atoms with Crippen LogP contribution in [0.4, 0.5) is 0 Å². The molecule has 4 rings (SSSR count). The minimum absolute atomic E-state index is 0.125. The summed E-state index contributed by atoms with van der Waals surface area (Å²) in [6.07, 6.45) is 9.55. The molecule has 0 bridgehead atoms. The highest BCUT2D eigenvalue weighted by molar-refractivity contribution is 7.91. The first-order chi connectivity index (χ1) is 9.63. The molecule has 0 N–H and O–H groups in total. The van der Waals surface area contributed by atoms with Crippen molar-refractivity contribution in [1.29, 1.82) is 0 Å². The van der Waals surface area contributed by atoms with Gasteiger partial charge in [0.1, 0.15) is 11.4 Å². The number of hydrogen-bond donors (Lipinski definition) is 0. The summed E-state index contributed by atoms with van der Waals surface area (Å²) in [4.78, 5) is 0. The molecule has 5 heteroatoms. The van der Waals surface area contributed by atoms with Gasteiger partial charge in [-0.05, 0) is 62.7 Å². The zero-order valence-corrected chi connectivity index (χ0v) is 12.6. The van der Waals surface area contributed by atoms with E-state index in [-0.39, 0.29) is 11.4 Å². The van der Waals surface area contributed by atoms with E-state index in [4.69, 9.17) is 4.74 Å². The molecule has 0 aromatic carbocycles. The van der Waals surface area contributed by atoms with Crippen LogP contribution in [0.15, 0.2) is 4.40 Å². The Labute approximate surface area is 121 Å². The fourth-order valence-corrected chi connectivity index (χ4v) is 5.57. The summed E-state index contributed by atoms with van der Waals surface area (Å²) in [5.41, 5.74) is 0. The second-order valence-corrected chi connectivity index (χ2v) is 8.84. The second-order valence-electron chi connectivity index (χ2n) is 7.02. The molecular weight excluding hydrogens is 274 g/mol. The van der Waals surface area contributed by atoms with Crippen molar-refractivity contribution in [3.05, 3.63) is 0 Å². The molecule has 0 amide bonds. The molecule has 2 atom stereocenters. The van der Waals surface area contributed by atoms with E-state index in [1.54, 1.807) is 0 Å². The molecular formula is C15H23NO3S. The summed E-state index contributed by atoms with van der Waals surface area (Å²) < 4.78 is 34.6. The normalized spacial score (nSPS) is 36.1. The minimum atomic E-state index is -3.33. The standard InChI is InChI=1S/C15H23NO3S/c17-20(18)14-4-2-1-3-13(14)19-15(16-20)9-12(10-5-6-10)11-7-8-11/h10-14H,1-9H2. The molecule has 4 aliphatic rings. The number of sulfonamides is 1.